The lowest BCUT2D eigenvalue weighted by Gasteiger charge is -2.38. The fourth-order valence-electron chi connectivity index (χ4n) is 3.83. The van der Waals surface area contributed by atoms with Crippen molar-refractivity contribution < 1.29 is 4.74 Å². The van der Waals surface area contributed by atoms with E-state index >= 15 is 0 Å². The minimum Gasteiger partial charge on any atom is -0.377 e. The van der Waals surface area contributed by atoms with E-state index < -0.39 is 0 Å². The van der Waals surface area contributed by atoms with E-state index in [1.807, 2.05) is 13.1 Å². The summed E-state index contributed by atoms with van der Waals surface area (Å²) >= 11 is 0. The lowest BCUT2D eigenvalue weighted by Crippen LogP contribution is -2.42. The van der Waals surface area contributed by atoms with E-state index in [2.05, 4.69) is 39.5 Å². The highest BCUT2D eigenvalue weighted by Crippen LogP contribution is 2.47. The average molecular weight is 457 g/mol. The third kappa shape index (κ3) is 5.84. The summed E-state index contributed by atoms with van der Waals surface area (Å²) in [6.07, 6.45) is 7.80. The van der Waals surface area contributed by atoms with E-state index in [1.165, 1.54) is 44.3 Å². The number of benzene rings is 1. The molecule has 2 fully saturated rings. The number of hydrogen-bond acceptors (Lipinski definition) is 2. The fraction of sp³-hybridized carbons (Fsp3) is 0.650. The minimum absolute atomic E-state index is 0. The third-order valence-electron chi connectivity index (χ3n) is 5.47. The Morgan fingerprint density at radius 3 is 2.64 bits per heavy atom. The molecular formula is C20H32IN3O. The zero-order chi connectivity index (χ0) is 16.7. The number of halogens is 1. The molecule has 4 nitrogen and oxygen atoms in total. The van der Waals surface area contributed by atoms with Crippen LogP contribution in [-0.4, -0.2) is 44.1 Å². The SMILES string of the molecule is CN=C(NCCCCOCc1ccccc1)N1CCC2(CCC2)C1.I. The molecule has 1 aromatic carbocycles. The summed E-state index contributed by atoms with van der Waals surface area (Å²) in [6.45, 7) is 4.88. The van der Waals surface area contributed by atoms with Crippen LogP contribution in [0.5, 0.6) is 0 Å². The Hall–Kier alpha value is -0.820. The summed E-state index contributed by atoms with van der Waals surface area (Å²) in [6, 6.07) is 10.4. The van der Waals surface area contributed by atoms with Crippen LogP contribution in [0.15, 0.2) is 35.3 Å². The molecule has 0 radical (unpaired) electrons. The van der Waals surface area contributed by atoms with Crippen LogP contribution >= 0.6 is 24.0 Å². The first-order valence-corrected chi connectivity index (χ1v) is 9.39. The van der Waals surface area contributed by atoms with Gasteiger partial charge in [0.2, 0.25) is 0 Å². The van der Waals surface area contributed by atoms with Gasteiger partial charge in [0.1, 0.15) is 0 Å². The van der Waals surface area contributed by atoms with Gasteiger partial charge in [0, 0.05) is 33.3 Å². The van der Waals surface area contributed by atoms with Gasteiger partial charge in [0.15, 0.2) is 5.96 Å². The van der Waals surface area contributed by atoms with Crippen molar-refractivity contribution >= 4 is 29.9 Å². The quantitative estimate of drug-likeness (QED) is 0.291. The maximum Gasteiger partial charge on any atom is 0.193 e. The monoisotopic (exact) mass is 457 g/mol. The number of nitrogens with one attached hydrogen (secondary N) is 1. The molecule has 1 aromatic rings. The summed E-state index contributed by atoms with van der Waals surface area (Å²) < 4.78 is 5.73. The molecule has 2 aliphatic rings. The highest BCUT2D eigenvalue weighted by Gasteiger charge is 2.43. The average Bonchev–Trinajstić information content (AvgIpc) is 3.04. The number of unbranched alkanes of at least 4 members (excludes halogenated alkanes) is 1. The minimum atomic E-state index is 0. The van der Waals surface area contributed by atoms with Crippen LogP contribution in [0, 0.1) is 5.41 Å². The van der Waals surface area contributed by atoms with Crippen LogP contribution in [-0.2, 0) is 11.3 Å². The first-order chi connectivity index (χ1) is 11.8. The highest BCUT2D eigenvalue weighted by molar-refractivity contribution is 14.0. The first-order valence-electron chi connectivity index (χ1n) is 9.39. The second kappa shape index (κ2) is 10.4. The van der Waals surface area contributed by atoms with Crippen LogP contribution in [0.2, 0.25) is 0 Å². The van der Waals surface area contributed by atoms with Gasteiger partial charge >= 0.3 is 0 Å². The Bertz CT molecular complexity index is 531. The molecule has 0 bridgehead atoms. The number of rotatable bonds is 7. The van der Waals surface area contributed by atoms with Crippen LogP contribution in [0.4, 0.5) is 0 Å². The number of hydrogen-bond donors (Lipinski definition) is 1. The molecule has 1 saturated heterocycles. The van der Waals surface area contributed by atoms with Crippen molar-refractivity contribution in [3.63, 3.8) is 0 Å². The van der Waals surface area contributed by atoms with Gasteiger partial charge in [-0.05, 0) is 43.1 Å². The van der Waals surface area contributed by atoms with Crippen LogP contribution in [0.3, 0.4) is 0 Å². The second-order valence-electron chi connectivity index (χ2n) is 7.24. The summed E-state index contributed by atoms with van der Waals surface area (Å²) in [5.74, 6) is 1.09. The van der Waals surface area contributed by atoms with E-state index in [1.54, 1.807) is 0 Å². The zero-order valence-electron chi connectivity index (χ0n) is 15.4. The molecule has 5 heteroatoms. The molecule has 1 aliphatic heterocycles. The van der Waals surface area contributed by atoms with Crippen molar-refractivity contribution in [2.45, 2.75) is 45.1 Å². The van der Waals surface area contributed by atoms with Gasteiger partial charge in [-0.15, -0.1) is 24.0 Å². The predicted octanol–water partition coefficient (Wildman–Crippen LogP) is 4.05. The number of likely N-dealkylation sites (tertiary alicyclic amines) is 1. The molecular weight excluding hydrogens is 425 g/mol. The Morgan fingerprint density at radius 1 is 1.20 bits per heavy atom. The smallest absolute Gasteiger partial charge is 0.193 e. The normalized spacial score (nSPS) is 18.8. The van der Waals surface area contributed by atoms with E-state index in [-0.39, 0.29) is 24.0 Å². The summed E-state index contributed by atoms with van der Waals surface area (Å²) in [5.41, 5.74) is 1.87. The van der Waals surface area contributed by atoms with E-state index in [0.717, 1.165) is 32.0 Å². The van der Waals surface area contributed by atoms with Gasteiger partial charge in [0.05, 0.1) is 6.61 Å². The van der Waals surface area contributed by atoms with Gasteiger partial charge in [-0.1, -0.05) is 36.8 Å². The highest BCUT2D eigenvalue weighted by atomic mass is 127. The predicted molar refractivity (Wildman–Crippen MR) is 115 cm³/mol. The van der Waals surface area contributed by atoms with Crippen LogP contribution in [0.1, 0.15) is 44.1 Å². The summed E-state index contributed by atoms with van der Waals surface area (Å²) in [7, 11) is 1.90. The molecule has 140 valence electrons. The molecule has 0 atom stereocenters. The standard InChI is InChI=1S/C20H31N3O.HI/c1-21-19(23-14-12-20(17-23)10-7-11-20)22-13-5-6-15-24-16-18-8-3-2-4-9-18;/h2-4,8-9H,5-7,10-17H2,1H3,(H,21,22);1H. The van der Waals surface area contributed by atoms with E-state index in [9.17, 15) is 0 Å². The fourth-order valence-corrected chi connectivity index (χ4v) is 3.83. The van der Waals surface area contributed by atoms with Crippen molar-refractivity contribution in [1.29, 1.82) is 0 Å². The van der Waals surface area contributed by atoms with Crippen molar-refractivity contribution in [2.24, 2.45) is 10.4 Å². The molecule has 3 rings (SSSR count). The van der Waals surface area contributed by atoms with Crippen molar-refractivity contribution in [1.82, 2.24) is 10.2 Å². The second-order valence-corrected chi connectivity index (χ2v) is 7.24. The van der Waals surface area contributed by atoms with E-state index in [4.69, 9.17) is 4.74 Å². The van der Waals surface area contributed by atoms with Gasteiger partial charge in [0.25, 0.3) is 0 Å². The maximum atomic E-state index is 5.73. The number of guanidine groups is 1. The van der Waals surface area contributed by atoms with Crippen molar-refractivity contribution in [3.05, 3.63) is 35.9 Å². The lowest BCUT2D eigenvalue weighted by atomic mass is 9.68. The van der Waals surface area contributed by atoms with Crippen molar-refractivity contribution in [3.8, 4) is 0 Å². The molecule has 0 unspecified atom stereocenters. The number of nitrogens with zero attached hydrogens (tertiary/aromatic N) is 2. The number of ether oxygens (including phenoxy) is 1. The van der Waals surface area contributed by atoms with Crippen LogP contribution < -0.4 is 5.32 Å². The lowest BCUT2D eigenvalue weighted by molar-refractivity contribution is 0.117. The zero-order valence-corrected chi connectivity index (χ0v) is 17.7. The van der Waals surface area contributed by atoms with Gasteiger partial charge in [-0.25, -0.2) is 0 Å². The van der Waals surface area contributed by atoms with E-state index in [0.29, 0.717) is 12.0 Å². The number of aliphatic imine (C=N–C) groups is 1. The molecule has 0 amide bonds. The van der Waals surface area contributed by atoms with Crippen LogP contribution in [0.25, 0.3) is 0 Å². The Balaban J connectivity index is 0.00000225. The maximum absolute atomic E-state index is 5.73. The topological polar surface area (TPSA) is 36.9 Å². The Kier molecular flexibility index (Phi) is 8.49. The Labute approximate surface area is 169 Å². The molecule has 1 N–H and O–H groups in total. The third-order valence-corrected chi connectivity index (χ3v) is 5.47. The van der Waals surface area contributed by atoms with Gasteiger partial charge in [-0.2, -0.15) is 0 Å². The molecule has 1 heterocycles. The first kappa shape index (κ1) is 20.5. The summed E-state index contributed by atoms with van der Waals surface area (Å²) in [5, 5.41) is 3.53. The molecule has 1 aliphatic carbocycles. The Morgan fingerprint density at radius 2 is 2.00 bits per heavy atom. The largest absolute Gasteiger partial charge is 0.377 e. The van der Waals surface area contributed by atoms with Gasteiger partial charge < -0.3 is 15.0 Å². The summed E-state index contributed by atoms with van der Waals surface area (Å²) in [4.78, 5) is 6.92. The van der Waals surface area contributed by atoms with Crippen molar-refractivity contribution in [2.75, 3.05) is 33.3 Å². The molecule has 0 aromatic heterocycles. The molecule has 1 saturated carbocycles. The van der Waals surface area contributed by atoms with Gasteiger partial charge in [-0.3, -0.25) is 4.99 Å². The molecule has 1 spiro atoms. The molecule has 25 heavy (non-hydrogen) atoms.